The van der Waals surface area contributed by atoms with Crippen LogP contribution >= 0.6 is 0 Å². The Balaban J connectivity index is 1.72. The predicted molar refractivity (Wildman–Crippen MR) is 55.6 cm³/mol. The minimum Gasteiger partial charge on any atom is -0.327 e. The lowest BCUT2D eigenvalue weighted by atomic mass is 9.94. The largest absolute Gasteiger partial charge is 0.327 e. The Hall–Kier alpha value is -0.0800. The SMILES string of the molecule is CC(N)C1(CCN2CCCC2)CC1. The maximum absolute atomic E-state index is 6.00. The molecule has 0 radical (unpaired) electrons. The molecule has 2 N–H and O–H groups in total. The molecule has 0 aromatic rings. The van der Waals surface area contributed by atoms with Crippen molar-refractivity contribution in [3.63, 3.8) is 0 Å². The van der Waals surface area contributed by atoms with Crippen molar-refractivity contribution in [1.82, 2.24) is 4.90 Å². The third kappa shape index (κ3) is 2.05. The molecular weight excluding hydrogens is 160 g/mol. The van der Waals surface area contributed by atoms with Gasteiger partial charge in [-0.3, -0.25) is 0 Å². The smallest absolute Gasteiger partial charge is 0.00675 e. The van der Waals surface area contributed by atoms with Crippen molar-refractivity contribution < 1.29 is 0 Å². The summed E-state index contributed by atoms with van der Waals surface area (Å²) in [5.41, 5.74) is 6.54. The maximum Gasteiger partial charge on any atom is 0.00675 e. The molecule has 1 heterocycles. The Labute approximate surface area is 81.5 Å². The van der Waals surface area contributed by atoms with E-state index in [1.165, 1.54) is 51.7 Å². The lowest BCUT2D eigenvalue weighted by Crippen LogP contribution is -2.32. The normalized spacial score (nSPS) is 29.1. The van der Waals surface area contributed by atoms with Gasteiger partial charge in [-0.1, -0.05) is 0 Å². The van der Waals surface area contributed by atoms with Crippen molar-refractivity contribution in [3.8, 4) is 0 Å². The van der Waals surface area contributed by atoms with Gasteiger partial charge in [0.1, 0.15) is 0 Å². The van der Waals surface area contributed by atoms with E-state index in [0.29, 0.717) is 11.5 Å². The molecule has 0 amide bonds. The molecule has 2 rings (SSSR count). The summed E-state index contributed by atoms with van der Waals surface area (Å²) < 4.78 is 0. The van der Waals surface area contributed by atoms with Gasteiger partial charge in [-0.25, -0.2) is 0 Å². The number of rotatable bonds is 4. The number of hydrogen-bond acceptors (Lipinski definition) is 2. The van der Waals surface area contributed by atoms with Crippen LogP contribution in [0.15, 0.2) is 0 Å². The van der Waals surface area contributed by atoms with Crippen molar-refractivity contribution >= 4 is 0 Å². The van der Waals surface area contributed by atoms with Crippen molar-refractivity contribution in [1.29, 1.82) is 0 Å². The van der Waals surface area contributed by atoms with Crippen molar-refractivity contribution in [2.75, 3.05) is 19.6 Å². The van der Waals surface area contributed by atoms with E-state index in [4.69, 9.17) is 5.73 Å². The third-order valence-electron chi connectivity index (χ3n) is 3.98. The highest BCUT2D eigenvalue weighted by Gasteiger charge is 2.45. The molecule has 1 atom stereocenters. The Morgan fingerprint density at radius 1 is 1.31 bits per heavy atom. The zero-order chi connectivity index (χ0) is 9.31. The van der Waals surface area contributed by atoms with Gasteiger partial charge in [0.05, 0.1) is 0 Å². The molecule has 1 saturated carbocycles. The minimum absolute atomic E-state index is 0.412. The van der Waals surface area contributed by atoms with E-state index in [1.54, 1.807) is 0 Å². The zero-order valence-electron chi connectivity index (χ0n) is 8.76. The first-order chi connectivity index (χ1) is 6.23. The second-order valence-corrected chi connectivity index (χ2v) is 4.95. The van der Waals surface area contributed by atoms with Gasteiger partial charge >= 0.3 is 0 Å². The summed E-state index contributed by atoms with van der Waals surface area (Å²) in [5, 5.41) is 0. The molecule has 2 heteroatoms. The van der Waals surface area contributed by atoms with Crippen LogP contribution in [-0.2, 0) is 0 Å². The van der Waals surface area contributed by atoms with Crippen molar-refractivity contribution in [2.24, 2.45) is 11.1 Å². The van der Waals surface area contributed by atoms with Crippen LogP contribution < -0.4 is 5.73 Å². The molecule has 0 aromatic carbocycles. The van der Waals surface area contributed by atoms with Crippen LogP contribution in [0.1, 0.15) is 39.0 Å². The molecule has 1 aliphatic heterocycles. The molecule has 2 aliphatic rings. The second kappa shape index (κ2) is 3.58. The van der Waals surface area contributed by atoms with Crippen molar-refractivity contribution in [2.45, 2.75) is 45.1 Å². The predicted octanol–water partition coefficient (Wildman–Crippen LogP) is 1.60. The molecule has 1 aliphatic carbocycles. The lowest BCUT2D eigenvalue weighted by Gasteiger charge is -2.23. The Morgan fingerprint density at radius 2 is 1.92 bits per heavy atom. The third-order valence-corrected chi connectivity index (χ3v) is 3.98. The molecule has 0 spiro atoms. The van der Waals surface area contributed by atoms with Gasteiger partial charge in [-0.15, -0.1) is 0 Å². The fraction of sp³-hybridized carbons (Fsp3) is 1.00. The fourth-order valence-corrected chi connectivity index (χ4v) is 2.48. The van der Waals surface area contributed by atoms with Gasteiger partial charge < -0.3 is 10.6 Å². The molecule has 1 saturated heterocycles. The standard InChI is InChI=1S/C11H22N2/c1-10(12)11(4-5-11)6-9-13-7-2-3-8-13/h10H,2-9,12H2,1H3. The van der Waals surface area contributed by atoms with Crippen LogP contribution in [0.4, 0.5) is 0 Å². The Bertz CT molecular complexity index is 167. The van der Waals surface area contributed by atoms with E-state index >= 15 is 0 Å². The van der Waals surface area contributed by atoms with E-state index < -0.39 is 0 Å². The van der Waals surface area contributed by atoms with Crippen LogP contribution in [0.2, 0.25) is 0 Å². The lowest BCUT2D eigenvalue weighted by molar-refractivity contribution is 0.276. The molecule has 1 unspecified atom stereocenters. The van der Waals surface area contributed by atoms with Crippen LogP contribution in [-0.4, -0.2) is 30.6 Å². The van der Waals surface area contributed by atoms with E-state index in [1.807, 2.05) is 0 Å². The Kier molecular flexibility index (Phi) is 2.61. The number of hydrogen-bond donors (Lipinski definition) is 1. The number of likely N-dealkylation sites (tertiary alicyclic amines) is 1. The van der Waals surface area contributed by atoms with E-state index in [2.05, 4.69) is 11.8 Å². The van der Waals surface area contributed by atoms with Gasteiger partial charge in [0.25, 0.3) is 0 Å². The first-order valence-corrected chi connectivity index (χ1v) is 5.71. The summed E-state index contributed by atoms with van der Waals surface area (Å²) in [6.07, 6.45) is 6.90. The molecule has 0 aromatic heterocycles. The summed E-state index contributed by atoms with van der Waals surface area (Å²) in [6, 6.07) is 0.412. The van der Waals surface area contributed by atoms with E-state index in [-0.39, 0.29) is 0 Å². The van der Waals surface area contributed by atoms with Crippen LogP contribution in [0.3, 0.4) is 0 Å². The van der Waals surface area contributed by atoms with Crippen molar-refractivity contribution in [3.05, 3.63) is 0 Å². The molecular formula is C11H22N2. The quantitative estimate of drug-likeness (QED) is 0.715. The maximum atomic E-state index is 6.00. The number of nitrogens with two attached hydrogens (primary N) is 1. The average Bonchev–Trinajstić information content (AvgIpc) is 2.73. The van der Waals surface area contributed by atoms with Crippen LogP contribution in [0.25, 0.3) is 0 Å². The van der Waals surface area contributed by atoms with Gasteiger partial charge in [-0.05, 0) is 64.1 Å². The van der Waals surface area contributed by atoms with Gasteiger partial charge in [0, 0.05) is 6.04 Å². The van der Waals surface area contributed by atoms with Crippen LogP contribution in [0, 0.1) is 5.41 Å². The molecule has 0 bridgehead atoms. The van der Waals surface area contributed by atoms with E-state index in [0.717, 1.165) is 0 Å². The first-order valence-electron chi connectivity index (χ1n) is 5.71. The summed E-state index contributed by atoms with van der Waals surface area (Å²) in [7, 11) is 0. The second-order valence-electron chi connectivity index (χ2n) is 4.95. The first kappa shape index (κ1) is 9.47. The summed E-state index contributed by atoms with van der Waals surface area (Å²) >= 11 is 0. The minimum atomic E-state index is 0.412. The summed E-state index contributed by atoms with van der Waals surface area (Å²) in [6.45, 7) is 6.13. The zero-order valence-corrected chi connectivity index (χ0v) is 8.76. The summed E-state index contributed by atoms with van der Waals surface area (Å²) in [4.78, 5) is 2.60. The van der Waals surface area contributed by atoms with Gasteiger partial charge in [0.2, 0.25) is 0 Å². The van der Waals surface area contributed by atoms with Gasteiger partial charge in [-0.2, -0.15) is 0 Å². The average molecular weight is 182 g/mol. The van der Waals surface area contributed by atoms with Gasteiger partial charge in [0.15, 0.2) is 0 Å². The molecule has 13 heavy (non-hydrogen) atoms. The highest BCUT2D eigenvalue weighted by Crippen LogP contribution is 2.51. The van der Waals surface area contributed by atoms with Crippen LogP contribution in [0.5, 0.6) is 0 Å². The molecule has 2 fully saturated rings. The fourth-order valence-electron chi connectivity index (χ4n) is 2.48. The summed E-state index contributed by atoms with van der Waals surface area (Å²) in [5.74, 6) is 0. The highest BCUT2D eigenvalue weighted by molar-refractivity contribution is 4.99. The van der Waals surface area contributed by atoms with E-state index in [9.17, 15) is 0 Å². The number of nitrogens with zero attached hydrogens (tertiary/aromatic N) is 1. The monoisotopic (exact) mass is 182 g/mol. The Morgan fingerprint density at radius 3 is 2.38 bits per heavy atom. The molecule has 2 nitrogen and oxygen atoms in total. The topological polar surface area (TPSA) is 29.3 Å². The molecule has 76 valence electrons. The highest BCUT2D eigenvalue weighted by atomic mass is 15.1.